The van der Waals surface area contributed by atoms with E-state index in [2.05, 4.69) is 28.7 Å². The lowest BCUT2D eigenvalue weighted by Gasteiger charge is -2.51. The second-order valence-corrected chi connectivity index (χ2v) is 5.46. The molecule has 0 aromatic carbocycles. The van der Waals surface area contributed by atoms with Crippen LogP contribution in [0, 0.1) is 12.3 Å². The third-order valence-corrected chi connectivity index (χ3v) is 4.13. The van der Waals surface area contributed by atoms with Crippen LogP contribution < -0.4 is 5.32 Å². The van der Waals surface area contributed by atoms with Crippen molar-refractivity contribution in [3.8, 4) is 0 Å². The van der Waals surface area contributed by atoms with E-state index in [4.69, 9.17) is 4.74 Å². The van der Waals surface area contributed by atoms with Crippen molar-refractivity contribution in [2.45, 2.75) is 45.9 Å². The van der Waals surface area contributed by atoms with Crippen LogP contribution in [0.15, 0.2) is 12.4 Å². The molecular weight excluding hydrogens is 214 g/mol. The van der Waals surface area contributed by atoms with Crippen molar-refractivity contribution in [3.63, 3.8) is 0 Å². The summed E-state index contributed by atoms with van der Waals surface area (Å²) < 4.78 is 7.62. The topological polar surface area (TPSA) is 39.1 Å². The lowest BCUT2D eigenvalue weighted by Crippen LogP contribution is -2.61. The van der Waals surface area contributed by atoms with Gasteiger partial charge in [-0.2, -0.15) is 0 Å². The van der Waals surface area contributed by atoms with E-state index < -0.39 is 0 Å². The highest BCUT2D eigenvalue weighted by Crippen LogP contribution is 2.42. The molecule has 2 unspecified atom stereocenters. The van der Waals surface area contributed by atoms with Crippen molar-refractivity contribution in [3.05, 3.63) is 18.2 Å². The molecule has 0 bridgehead atoms. The average Bonchev–Trinajstić information content (AvgIpc) is 2.68. The molecule has 1 saturated carbocycles. The molecule has 17 heavy (non-hydrogen) atoms. The number of ether oxygens (including phenoxy) is 1. The van der Waals surface area contributed by atoms with Gasteiger partial charge < -0.3 is 14.6 Å². The van der Waals surface area contributed by atoms with Crippen molar-refractivity contribution in [2.75, 3.05) is 13.7 Å². The minimum absolute atomic E-state index is 0.249. The molecule has 1 aromatic heterocycles. The van der Waals surface area contributed by atoms with Gasteiger partial charge in [0.25, 0.3) is 0 Å². The van der Waals surface area contributed by atoms with Gasteiger partial charge in [0.1, 0.15) is 5.82 Å². The highest BCUT2D eigenvalue weighted by molar-refractivity contribution is 5.02. The fourth-order valence-electron chi connectivity index (χ4n) is 2.63. The third-order valence-electron chi connectivity index (χ3n) is 4.13. The summed E-state index contributed by atoms with van der Waals surface area (Å²) in [6.07, 6.45) is 5.40. The van der Waals surface area contributed by atoms with Gasteiger partial charge in [-0.05, 0) is 13.3 Å². The monoisotopic (exact) mass is 237 g/mol. The number of nitrogens with zero attached hydrogens (tertiary/aromatic N) is 2. The lowest BCUT2D eigenvalue weighted by atomic mass is 9.64. The van der Waals surface area contributed by atoms with Crippen LogP contribution in [0.2, 0.25) is 0 Å². The van der Waals surface area contributed by atoms with Crippen molar-refractivity contribution in [1.29, 1.82) is 0 Å². The van der Waals surface area contributed by atoms with E-state index in [9.17, 15) is 0 Å². The Hall–Kier alpha value is -0.870. The van der Waals surface area contributed by atoms with Crippen LogP contribution >= 0.6 is 0 Å². The summed E-state index contributed by atoms with van der Waals surface area (Å²) in [5.41, 5.74) is 0.249. The second-order valence-electron chi connectivity index (χ2n) is 5.46. The van der Waals surface area contributed by atoms with Gasteiger partial charge in [-0.1, -0.05) is 13.8 Å². The molecule has 1 N–H and O–H groups in total. The van der Waals surface area contributed by atoms with Crippen molar-refractivity contribution in [2.24, 2.45) is 5.41 Å². The highest BCUT2D eigenvalue weighted by Gasteiger charge is 2.47. The zero-order chi connectivity index (χ0) is 12.5. The number of hydrogen-bond donors (Lipinski definition) is 1. The summed E-state index contributed by atoms with van der Waals surface area (Å²) in [5.74, 6) is 1.08. The molecule has 0 amide bonds. The number of rotatable bonds is 5. The number of methoxy groups -OCH3 is 1. The first-order valence-electron chi connectivity index (χ1n) is 6.29. The molecule has 2 atom stereocenters. The van der Waals surface area contributed by atoms with Crippen LogP contribution in [0.25, 0.3) is 0 Å². The van der Waals surface area contributed by atoms with Crippen molar-refractivity contribution < 1.29 is 4.74 Å². The van der Waals surface area contributed by atoms with E-state index >= 15 is 0 Å². The summed E-state index contributed by atoms with van der Waals surface area (Å²) in [7, 11) is 1.80. The maximum atomic E-state index is 5.45. The molecule has 0 spiro atoms. The molecule has 96 valence electrons. The number of hydrogen-bond acceptors (Lipinski definition) is 3. The molecule has 2 rings (SSSR count). The van der Waals surface area contributed by atoms with E-state index in [1.54, 1.807) is 7.11 Å². The molecule has 4 heteroatoms. The maximum absolute atomic E-state index is 5.45. The van der Waals surface area contributed by atoms with Gasteiger partial charge in [0.15, 0.2) is 0 Å². The summed E-state index contributed by atoms with van der Waals surface area (Å²) >= 11 is 0. The Morgan fingerprint density at radius 3 is 2.88 bits per heavy atom. The summed E-state index contributed by atoms with van der Waals surface area (Å²) in [4.78, 5) is 4.22. The largest absolute Gasteiger partial charge is 0.381 e. The van der Waals surface area contributed by atoms with E-state index in [0.29, 0.717) is 12.1 Å². The molecule has 0 radical (unpaired) electrons. The van der Waals surface area contributed by atoms with Crippen LogP contribution in [0.4, 0.5) is 0 Å². The number of nitrogens with one attached hydrogen (secondary N) is 1. The zero-order valence-corrected chi connectivity index (χ0v) is 11.2. The maximum Gasteiger partial charge on any atom is 0.105 e. The molecule has 1 fully saturated rings. The number of aryl methyl sites for hydroxylation is 1. The van der Waals surface area contributed by atoms with E-state index in [-0.39, 0.29) is 5.41 Å². The molecule has 4 nitrogen and oxygen atoms in total. The zero-order valence-electron chi connectivity index (χ0n) is 11.2. The van der Waals surface area contributed by atoms with Gasteiger partial charge in [0, 0.05) is 44.0 Å². The normalized spacial score (nSPS) is 26.8. The van der Waals surface area contributed by atoms with Crippen LogP contribution in [-0.2, 0) is 11.3 Å². The summed E-state index contributed by atoms with van der Waals surface area (Å²) in [6, 6.07) is 0.566. The van der Waals surface area contributed by atoms with Crippen LogP contribution in [0.3, 0.4) is 0 Å². The van der Waals surface area contributed by atoms with Gasteiger partial charge in [0.2, 0.25) is 0 Å². The molecule has 0 aliphatic heterocycles. The standard InChI is InChI=1S/C13H23N3O/c1-10-14-5-7-16(10)8-6-15-11-9-12(17-4)13(11,2)3/h5,7,11-12,15H,6,8-9H2,1-4H3. The Morgan fingerprint density at radius 2 is 2.35 bits per heavy atom. The first-order valence-corrected chi connectivity index (χ1v) is 6.29. The van der Waals surface area contributed by atoms with Gasteiger partial charge in [-0.15, -0.1) is 0 Å². The summed E-state index contributed by atoms with van der Waals surface area (Å²) in [5, 5.41) is 3.61. The van der Waals surface area contributed by atoms with E-state index in [0.717, 1.165) is 25.3 Å². The fourth-order valence-corrected chi connectivity index (χ4v) is 2.63. The summed E-state index contributed by atoms with van der Waals surface area (Å²) in [6.45, 7) is 8.54. The molecule has 1 aliphatic rings. The van der Waals surface area contributed by atoms with E-state index in [1.165, 1.54) is 0 Å². The Labute approximate surface area is 103 Å². The minimum Gasteiger partial charge on any atom is -0.381 e. The van der Waals surface area contributed by atoms with Crippen LogP contribution in [-0.4, -0.2) is 35.4 Å². The molecule has 1 heterocycles. The molecular formula is C13H23N3O. The van der Waals surface area contributed by atoms with Crippen LogP contribution in [0.1, 0.15) is 26.1 Å². The average molecular weight is 237 g/mol. The Balaban J connectivity index is 1.76. The second kappa shape index (κ2) is 4.78. The van der Waals surface area contributed by atoms with Gasteiger partial charge in [0.05, 0.1) is 6.10 Å². The SMILES string of the molecule is COC1CC(NCCn2ccnc2C)C1(C)C. The van der Waals surface area contributed by atoms with Crippen molar-refractivity contribution in [1.82, 2.24) is 14.9 Å². The van der Waals surface area contributed by atoms with Crippen LogP contribution in [0.5, 0.6) is 0 Å². The highest BCUT2D eigenvalue weighted by atomic mass is 16.5. The fraction of sp³-hybridized carbons (Fsp3) is 0.769. The molecule has 1 aliphatic carbocycles. The predicted octanol–water partition coefficient (Wildman–Crippen LogP) is 1.59. The Morgan fingerprint density at radius 1 is 1.59 bits per heavy atom. The lowest BCUT2D eigenvalue weighted by molar-refractivity contribution is -0.0973. The first-order chi connectivity index (χ1) is 8.05. The molecule has 0 saturated heterocycles. The molecule has 1 aromatic rings. The van der Waals surface area contributed by atoms with Crippen molar-refractivity contribution >= 4 is 0 Å². The van der Waals surface area contributed by atoms with Gasteiger partial charge >= 0.3 is 0 Å². The predicted molar refractivity (Wildman–Crippen MR) is 67.9 cm³/mol. The van der Waals surface area contributed by atoms with Gasteiger partial charge in [-0.25, -0.2) is 4.98 Å². The van der Waals surface area contributed by atoms with E-state index in [1.807, 2.05) is 19.3 Å². The number of imidazole rings is 1. The number of aromatic nitrogens is 2. The van der Waals surface area contributed by atoms with Gasteiger partial charge in [-0.3, -0.25) is 0 Å². The first kappa shape index (κ1) is 12.6. The minimum atomic E-state index is 0.249. The Bertz CT molecular complexity index is 372. The Kier molecular flexibility index (Phi) is 3.54. The third kappa shape index (κ3) is 2.38. The smallest absolute Gasteiger partial charge is 0.105 e. The quantitative estimate of drug-likeness (QED) is 0.845.